The van der Waals surface area contributed by atoms with Crippen molar-refractivity contribution in [1.82, 2.24) is 14.8 Å². The van der Waals surface area contributed by atoms with E-state index in [1.165, 1.54) is 16.0 Å². The molecule has 25 heavy (non-hydrogen) atoms. The Bertz CT molecular complexity index is 917. The Kier molecular flexibility index (Phi) is 4.71. The lowest BCUT2D eigenvalue weighted by Gasteiger charge is -2.08. The highest BCUT2D eigenvalue weighted by Crippen LogP contribution is 2.33. The molecule has 0 spiro atoms. The summed E-state index contributed by atoms with van der Waals surface area (Å²) in [6.07, 6.45) is 0. The zero-order chi connectivity index (χ0) is 18.0. The van der Waals surface area contributed by atoms with Crippen LogP contribution in [0.1, 0.15) is 16.2 Å². The third kappa shape index (κ3) is 3.48. The maximum absolute atomic E-state index is 12.5. The highest BCUT2D eigenvalue weighted by Gasteiger charge is 2.18. The molecule has 3 rings (SSSR count). The fourth-order valence-corrected chi connectivity index (χ4v) is 3.08. The van der Waals surface area contributed by atoms with Crippen LogP contribution in [-0.4, -0.2) is 34.9 Å². The van der Waals surface area contributed by atoms with Crippen LogP contribution in [0, 0.1) is 6.92 Å². The number of thiazole rings is 1. The summed E-state index contributed by atoms with van der Waals surface area (Å²) in [7, 11) is 4.91. The van der Waals surface area contributed by atoms with Gasteiger partial charge in [-0.05, 0) is 31.2 Å². The van der Waals surface area contributed by atoms with Gasteiger partial charge in [-0.1, -0.05) is 0 Å². The molecule has 0 atom stereocenters. The molecule has 0 aliphatic heterocycles. The number of ether oxygens (including phenoxy) is 2. The van der Waals surface area contributed by atoms with E-state index in [9.17, 15) is 4.79 Å². The third-order valence-electron chi connectivity index (χ3n) is 3.63. The molecule has 7 nitrogen and oxygen atoms in total. The van der Waals surface area contributed by atoms with Crippen LogP contribution in [0.4, 0.5) is 5.13 Å². The molecule has 1 aromatic carbocycles. The average Bonchev–Trinajstić information content (AvgIpc) is 3.19. The first-order valence-corrected chi connectivity index (χ1v) is 8.39. The molecular formula is C17H18N4O3S. The lowest BCUT2D eigenvalue weighted by atomic mass is 10.1. The van der Waals surface area contributed by atoms with E-state index in [-0.39, 0.29) is 5.91 Å². The van der Waals surface area contributed by atoms with Crippen molar-refractivity contribution in [3.05, 3.63) is 41.0 Å². The Balaban J connectivity index is 1.93. The first-order valence-electron chi connectivity index (χ1n) is 7.51. The second-order valence-corrected chi connectivity index (χ2v) is 6.21. The van der Waals surface area contributed by atoms with E-state index in [0.29, 0.717) is 28.0 Å². The van der Waals surface area contributed by atoms with Crippen LogP contribution in [0.3, 0.4) is 0 Å². The molecule has 0 radical (unpaired) electrons. The number of nitrogens with zero attached hydrogens (tertiary/aromatic N) is 3. The summed E-state index contributed by atoms with van der Waals surface area (Å²) >= 11 is 1.38. The van der Waals surface area contributed by atoms with E-state index in [4.69, 9.17) is 9.47 Å². The topological polar surface area (TPSA) is 78.3 Å². The maximum atomic E-state index is 12.5. The summed E-state index contributed by atoms with van der Waals surface area (Å²) in [4.78, 5) is 16.7. The van der Waals surface area contributed by atoms with Crippen molar-refractivity contribution in [2.45, 2.75) is 6.92 Å². The number of hydrogen-bond donors (Lipinski definition) is 1. The molecular weight excluding hydrogens is 340 g/mol. The number of carbonyl (C=O) groups is 1. The van der Waals surface area contributed by atoms with E-state index < -0.39 is 0 Å². The quantitative estimate of drug-likeness (QED) is 0.758. The van der Waals surface area contributed by atoms with Crippen LogP contribution in [0.5, 0.6) is 11.5 Å². The van der Waals surface area contributed by atoms with Gasteiger partial charge in [0.15, 0.2) is 5.13 Å². The minimum atomic E-state index is -0.266. The van der Waals surface area contributed by atoms with E-state index in [0.717, 1.165) is 11.3 Å². The summed E-state index contributed by atoms with van der Waals surface area (Å²) in [6.45, 7) is 1.88. The predicted molar refractivity (Wildman–Crippen MR) is 96.6 cm³/mol. The van der Waals surface area contributed by atoms with Crippen molar-refractivity contribution >= 4 is 22.4 Å². The smallest absolute Gasteiger partial charge is 0.275 e. The second kappa shape index (κ2) is 6.94. The molecule has 0 fully saturated rings. The molecule has 8 heteroatoms. The minimum Gasteiger partial charge on any atom is -0.497 e. The number of carbonyl (C=O) groups excluding carboxylic acids is 1. The van der Waals surface area contributed by atoms with Crippen LogP contribution < -0.4 is 14.8 Å². The van der Waals surface area contributed by atoms with Gasteiger partial charge >= 0.3 is 0 Å². The minimum absolute atomic E-state index is 0.266. The van der Waals surface area contributed by atoms with Gasteiger partial charge in [-0.15, -0.1) is 11.3 Å². The summed E-state index contributed by atoms with van der Waals surface area (Å²) in [5.74, 6) is 1.07. The van der Waals surface area contributed by atoms with Gasteiger partial charge in [0.1, 0.15) is 17.2 Å². The van der Waals surface area contributed by atoms with E-state index in [2.05, 4.69) is 15.4 Å². The van der Waals surface area contributed by atoms with Crippen molar-refractivity contribution in [3.63, 3.8) is 0 Å². The normalized spacial score (nSPS) is 10.6. The molecule has 0 bridgehead atoms. The number of benzene rings is 1. The number of rotatable bonds is 5. The van der Waals surface area contributed by atoms with Gasteiger partial charge < -0.3 is 9.47 Å². The second-order valence-electron chi connectivity index (χ2n) is 5.35. The maximum Gasteiger partial charge on any atom is 0.275 e. The van der Waals surface area contributed by atoms with Gasteiger partial charge in [0.05, 0.1) is 25.6 Å². The summed E-state index contributed by atoms with van der Waals surface area (Å²) in [5.41, 5.74) is 2.67. The lowest BCUT2D eigenvalue weighted by molar-refractivity contribution is 0.101. The van der Waals surface area contributed by atoms with Crippen LogP contribution >= 0.6 is 11.3 Å². The van der Waals surface area contributed by atoms with Gasteiger partial charge in [0.25, 0.3) is 5.91 Å². The van der Waals surface area contributed by atoms with E-state index in [1.54, 1.807) is 33.4 Å². The summed E-state index contributed by atoms with van der Waals surface area (Å²) in [5, 5.41) is 9.66. The van der Waals surface area contributed by atoms with Crippen molar-refractivity contribution in [2.75, 3.05) is 19.5 Å². The molecule has 1 N–H and O–H groups in total. The van der Waals surface area contributed by atoms with Crippen molar-refractivity contribution in [2.24, 2.45) is 7.05 Å². The Morgan fingerprint density at radius 1 is 1.24 bits per heavy atom. The molecule has 0 aliphatic rings. The molecule has 2 aromatic heterocycles. The first kappa shape index (κ1) is 17.0. The first-order chi connectivity index (χ1) is 12.0. The molecule has 130 valence electrons. The van der Waals surface area contributed by atoms with Gasteiger partial charge in [-0.3, -0.25) is 14.8 Å². The number of aromatic nitrogens is 3. The Labute approximate surface area is 149 Å². The van der Waals surface area contributed by atoms with Gasteiger partial charge in [-0.25, -0.2) is 4.98 Å². The fourth-order valence-electron chi connectivity index (χ4n) is 2.40. The monoisotopic (exact) mass is 358 g/mol. The molecule has 0 unspecified atom stereocenters. The van der Waals surface area contributed by atoms with Crippen LogP contribution in [0.25, 0.3) is 11.3 Å². The van der Waals surface area contributed by atoms with Crippen molar-refractivity contribution in [1.29, 1.82) is 0 Å². The van der Waals surface area contributed by atoms with Crippen LogP contribution in [0.15, 0.2) is 29.6 Å². The molecule has 3 aromatic rings. The predicted octanol–water partition coefficient (Wildman–Crippen LogP) is 3.12. The number of anilines is 1. The number of methoxy groups -OCH3 is 2. The van der Waals surface area contributed by atoms with Gasteiger partial charge in [0, 0.05) is 18.0 Å². The van der Waals surface area contributed by atoms with Crippen LogP contribution in [0.2, 0.25) is 0 Å². The summed E-state index contributed by atoms with van der Waals surface area (Å²) < 4.78 is 12.2. The Hall–Kier alpha value is -2.87. The van der Waals surface area contributed by atoms with Crippen molar-refractivity contribution < 1.29 is 14.3 Å². The standard InChI is InChI=1S/C17H18N4O3S/c1-10-9-25-17(18-10)19-16(22)14-8-13(20-21(14)2)12-7-11(23-3)5-6-15(12)24-4/h5-9H,1-4H3,(H,18,19,22). The van der Waals surface area contributed by atoms with Gasteiger partial charge in [0.2, 0.25) is 0 Å². The molecule has 0 saturated heterocycles. The number of hydrogen-bond acceptors (Lipinski definition) is 6. The fraction of sp³-hybridized carbons (Fsp3) is 0.235. The Morgan fingerprint density at radius 3 is 2.68 bits per heavy atom. The largest absolute Gasteiger partial charge is 0.497 e. The number of nitrogens with one attached hydrogen (secondary N) is 1. The lowest BCUT2D eigenvalue weighted by Crippen LogP contribution is -2.15. The molecule has 0 aliphatic carbocycles. The van der Waals surface area contributed by atoms with E-state index in [1.807, 2.05) is 24.4 Å². The van der Waals surface area contributed by atoms with Crippen LogP contribution in [-0.2, 0) is 7.05 Å². The molecule has 0 saturated carbocycles. The number of aryl methyl sites for hydroxylation is 2. The average molecular weight is 358 g/mol. The third-order valence-corrected chi connectivity index (χ3v) is 4.51. The molecule has 2 heterocycles. The molecule has 1 amide bonds. The Morgan fingerprint density at radius 2 is 2.04 bits per heavy atom. The SMILES string of the molecule is COc1ccc(OC)c(-c2cc(C(=O)Nc3nc(C)cs3)n(C)n2)c1. The highest BCUT2D eigenvalue weighted by molar-refractivity contribution is 7.13. The van der Waals surface area contributed by atoms with Gasteiger partial charge in [-0.2, -0.15) is 5.10 Å². The zero-order valence-corrected chi connectivity index (χ0v) is 15.2. The number of amides is 1. The zero-order valence-electron chi connectivity index (χ0n) is 14.4. The van der Waals surface area contributed by atoms with E-state index >= 15 is 0 Å². The highest BCUT2D eigenvalue weighted by atomic mass is 32.1. The summed E-state index contributed by atoms with van der Waals surface area (Å²) in [6, 6.07) is 7.16. The van der Waals surface area contributed by atoms with Crippen molar-refractivity contribution in [3.8, 4) is 22.8 Å².